The molecule has 4 aromatic carbocycles. The highest BCUT2D eigenvalue weighted by molar-refractivity contribution is 8.18. The third-order valence-electron chi connectivity index (χ3n) is 6.26. The van der Waals surface area contributed by atoms with Crippen molar-refractivity contribution in [1.82, 2.24) is 4.90 Å². The standard InChI is InChI=1S/C32H27NO6S/c1-3-37-28-19-22(13-16-27(28)39-31(35)26-10-6-8-23-7-4-5-9-25(23)26)20-29-30(34)33(32(36)40-29)17-18-38-24-14-11-21(2)12-15-24/h4-16,19-20H,3,17-18H2,1-2H3/b29-20-. The van der Waals surface area contributed by atoms with Crippen LogP contribution >= 0.6 is 11.8 Å². The van der Waals surface area contributed by atoms with Crippen LogP contribution in [0.3, 0.4) is 0 Å². The molecule has 0 aliphatic carbocycles. The van der Waals surface area contributed by atoms with Gasteiger partial charge in [0, 0.05) is 0 Å². The van der Waals surface area contributed by atoms with Gasteiger partial charge < -0.3 is 14.2 Å². The summed E-state index contributed by atoms with van der Waals surface area (Å²) in [5.41, 5.74) is 2.20. The lowest BCUT2D eigenvalue weighted by Crippen LogP contribution is -2.32. The lowest BCUT2D eigenvalue weighted by Gasteiger charge is -2.13. The van der Waals surface area contributed by atoms with Gasteiger partial charge in [-0.05, 0) is 78.4 Å². The number of hydrogen-bond acceptors (Lipinski definition) is 7. The molecule has 0 bridgehead atoms. The van der Waals surface area contributed by atoms with Crippen molar-refractivity contribution in [2.45, 2.75) is 13.8 Å². The molecule has 1 aliphatic heterocycles. The van der Waals surface area contributed by atoms with Gasteiger partial charge in [0.25, 0.3) is 11.1 Å². The SMILES string of the molecule is CCOc1cc(/C=C2\SC(=O)N(CCOc3ccc(C)cc3)C2=O)ccc1OC(=O)c1cccc2ccccc12. The van der Waals surface area contributed by atoms with Gasteiger partial charge in [0.05, 0.1) is 23.6 Å². The third kappa shape index (κ3) is 6.02. The second kappa shape index (κ2) is 12.1. The molecule has 0 radical (unpaired) electrons. The van der Waals surface area contributed by atoms with Crippen LogP contribution in [-0.2, 0) is 4.79 Å². The molecule has 4 aromatic rings. The number of amides is 2. The number of esters is 1. The summed E-state index contributed by atoms with van der Waals surface area (Å²) in [6, 6.07) is 25.7. The summed E-state index contributed by atoms with van der Waals surface area (Å²) in [4.78, 5) is 40.0. The predicted molar refractivity (Wildman–Crippen MR) is 156 cm³/mol. The molecular weight excluding hydrogens is 526 g/mol. The zero-order valence-electron chi connectivity index (χ0n) is 22.1. The lowest BCUT2D eigenvalue weighted by atomic mass is 10.0. The van der Waals surface area contributed by atoms with Gasteiger partial charge in [-0.2, -0.15) is 0 Å². The second-order valence-electron chi connectivity index (χ2n) is 9.05. The van der Waals surface area contributed by atoms with Crippen LogP contribution in [0, 0.1) is 6.92 Å². The molecule has 0 unspecified atom stereocenters. The van der Waals surface area contributed by atoms with E-state index in [1.165, 1.54) is 4.90 Å². The molecule has 0 atom stereocenters. The van der Waals surface area contributed by atoms with Crippen LogP contribution in [0.2, 0.25) is 0 Å². The van der Waals surface area contributed by atoms with Crippen LogP contribution in [-0.4, -0.2) is 41.8 Å². The van der Waals surface area contributed by atoms with Crippen LogP contribution in [0.25, 0.3) is 16.8 Å². The summed E-state index contributed by atoms with van der Waals surface area (Å²) >= 11 is 0.874. The minimum absolute atomic E-state index is 0.142. The third-order valence-corrected chi connectivity index (χ3v) is 7.16. The van der Waals surface area contributed by atoms with E-state index in [-0.39, 0.29) is 30.0 Å². The molecule has 0 N–H and O–H groups in total. The van der Waals surface area contributed by atoms with E-state index in [0.29, 0.717) is 34.1 Å². The van der Waals surface area contributed by atoms with Crippen LogP contribution in [0.15, 0.2) is 89.8 Å². The Hall–Kier alpha value is -4.56. The number of nitrogens with zero attached hydrogens (tertiary/aromatic N) is 1. The smallest absolute Gasteiger partial charge is 0.344 e. The van der Waals surface area contributed by atoms with Crippen molar-refractivity contribution in [3.63, 3.8) is 0 Å². The zero-order valence-corrected chi connectivity index (χ0v) is 22.9. The predicted octanol–water partition coefficient (Wildman–Crippen LogP) is 6.88. The maximum atomic E-state index is 13.1. The average molecular weight is 554 g/mol. The Morgan fingerprint density at radius 2 is 1.68 bits per heavy atom. The van der Waals surface area contributed by atoms with Crippen molar-refractivity contribution in [3.05, 3.63) is 107 Å². The Morgan fingerprint density at radius 1 is 0.900 bits per heavy atom. The highest BCUT2D eigenvalue weighted by atomic mass is 32.2. The van der Waals surface area contributed by atoms with Gasteiger partial charge in [-0.15, -0.1) is 0 Å². The summed E-state index contributed by atoms with van der Waals surface area (Å²) in [7, 11) is 0. The van der Waals surface area contributed by atoms with Crippen molar-refractivity contribution in [2.24, 2.45) is 0 Å². The summed E-state index contributed by atoms with van der Waals surface area (Å²) < 4.78 is 17.2. The Kier molecular flexibility index (Phi) is 8.17. The average Bonchev–Trinajstić information content (AvgIpc) is 3.22. The molecular formula is C32H27NO6S. The molecule has 8 heteroatoms. The molecule has 1 aliphatic rings. The van der Waals surface area contributed by atoms with Crippen molar-refractivity contribution in [1.29, 1.82) is 0 Å². The minimum atomic E-state index is -0.500. The van der Waals surface area contributed by atoms with Gasteiger partial charge in [0.15, 0.2) is 11.5 Å². The van der Waals surface area contributed by atoms with Crippen molar-refractivity contribution < 1.29 is 28.6 Å². The zero-order chi connectivity index (χ0) is 28.1. The van der Waals surface area contributed by atoms with Crippen LogP contribution < -0.4 is 14.2 Å². The molecule has 202 valence electrons. The number of imide groups is 1. The molecule has 1 saturated heterocycles. The molecule has 1 heterocycles. The number of ether oxygens (including phenoxy) is 3. The fraction of sp³-hybridized carbons (Fsp3) is 0.156. The van der Waals surface area contributed by atoms with Gasteiger partial charge in [0.2, 0.25) is 0 Å². The molecule has 0 saturated carbocycles. The summed E-state index contributed by atoms with van der Waals surface area (Å²) in [6.07, 6.45) is 1.63. The van der Waals surface area contributed by atoms with Crippen molar-refractivity contribution in [2.75, 3.05) is 19.8 Å². The second-order valence-corrected chi connectivity index (χ2v) is 10.0. The Morgan fingerprint density at radius 3 is 2.48 bits per heavy atom. The quantitative estimate of drug-likeness (QED) is 0.127. The van der Waals surface area contributed by atoms with Gasteiger partial charge in [-0.3, -0.25) is 14.5 Å². The first-order chi connectivity index (χ1) is 19.4. The summed E-state index contributed by atoms with van der Waals surface area (Å²) in [6.45, 7) is 4.50. The largest absolute Gasteiger partial charge is 0.492 e. The minimum Gasteiger partial charge on any atom is -0.492 e. The van der Waals surface area contributed by atoms with Gasteiger partial charge in [0.1, 0.15) is 12.4 Å². The van der Waals surface area contributed by atoms with Gasteiger partial charge in [-0.1, -0.05) is 60.2 Å². The van der Waals surface area contributed by atoms with E-state index < -0.39 is 5.97 Å². The highest BCUT2D eigenvalue weighted by Crippen LogP contribution is 2.35. The van der Waals surface area contributed by atoms with E-state index in [9.17, 15) is 14.4 Å². The Labute approximate surface area is 236 Å². The molecule has 1 fully saturated rings. The lowest BCUT2D eigenvalue weighted by molar-refractivity contribution is -0.123. The molecule has 0 spiro atoms. The number of fused-ring (bicyclic) bond motifs is 1. The van der Waals surface area contributed by atoms with Crippen molar-refractivity contribution >= 4 is 45.7 Å². The molecule has 5 rings (SSSR count). The number of hydrogen-bond donors (Lipinski definition) is 0. The maximum Gasteiger partial charge on any atom is 0.344 e. The van der Waals surface area contributed by atoms with E-state index in [2.05, 4.69) is 0 Å². The van der Waals surface area contributed by atoms with E-state index >= 15 is 0 Å². The number of aryl methyl sites for hydroxylation is 1. The molecule has 7 nitrogen and oxygen atoms in total. The van der Waals surface area contributed by atoms with Gasteiger partial charge in [-0.25, -0.2) is 4.79 Å². The normalized spacial score (nSPS) is 14.2. The molecule has 2 amide bonds. The molecule has 40 heavy (non-hydrogen) atoms. The van der Waals surface area contributed by atoms with Crippen LogP contribution in [0.5, 0.6) is 17.2 Å². The Balaban J connectivity index is 1.29. The van der Waals surface area contributed by atoms with Crippen LogP contribution in [0.4, 0.5) is 4.79 Å². The number of carbonyl (C=O) groups excluding carboxylic acids is 3. The van der Waals surface area contributed by atoms with E-state index in [1.807, 2.05) is 74.5 Å². The number of rotatable bonds is 9. The van der Waals surface area contributed by atoms with Crippen molar-refractivity contribution in [3.8, 4) is 17.2 Å². The number of carbonyl (C=O) groups is 3. The van der Waals surface area contributed by atoms with Gasteiger partial charge >= 0.3 is 5.97 Å². The topological polar surface area (TPSA) is 82.1 Å². The first-order valence-electron chi connectivity index (χ1n) is 12.8. The monoisotopic (exact) mass is 553 g/mol. The molecule has 0 aromatic heterocycles. The van der Waals surface area contributed by atoms with E-state index in [0.717, 1.165) is 28.1 Å². The first-order valence-corrected chi connectivity index (χ1v) is 13.7. The maximum absolute atomic E-state index is 13.1. The van der Waals surface area contributed by atoms with Crippen LogP contribution in [0.1, 0.15) is 28.4 Å². The Bertz CT molecular complexity index is 1610. The summed E-state index contributed by atoms with van der Waals surface area (Å²) in [5, 5.41) is 1.38. The first kappa shape index (κ1) is 27.0. The fourth-order valence-corrected chi connectivity index (χ4v) is 5.12. The van der Waals surface area contributed by atoms with E-state index in [4.69, 9.17) is 14.2 Å². The number of thioether (sulfide) groups is 1. The fourth-order valence-electron chi connectivity index (χ4n) is 4.26. The number of benzene rings is 4. The summed E-state index contributed by atoms with van der Waals surface area (Å²) in [5.74, 6) is 0.415. The van der Waals surface area contributed by atoms with E-state index in [1.54, 1.807) is 30.3 Å². The highest BCUT2D eigenvalue weighted by Gasteiger charge is 2.34.